The second-order valence-electron chi connectivity index (χ2n) is 6.01. The van der Waals surface area contributed by atoms with Crippen LogP contribution >= 0.6 is 0 Å². The fourth-order valence-corrected chi connectivity index (χ4v) is 2.58. The standard InChI is InChI=1S/C19H22N4/c1-22(2)11-12-23(3)19-14-20-13-18(21-19)17-10-6-8-15-7-4-5-9-16(15)17/h4-10,13-14H,11-12H2,1-3H3. The number of likely N-dealkylation sites (N-methyl/N-ethyl adjacent to an activating group) is 2. The molecule has 0 fully saturated rings. The molecule has 3 rings (SSSR count). The minimum atomic E-state index is 0.900. The number of rotatable bonds is 5. The minimum absolute atomic E-state index is 0.900. The molecule has 0 amide bonds. The summed E-state index contributed by atoms with van der Waals surface area (Å²) in [6, 6.07) is 14.7. The highest BCUT2D eigenvalue weighted by Gasteiger charge is 2.09. The van der Waals surface area contributed by atoms with E-state index in [0.29, 0.717) is 0 Å². The summed E-state index contributed by atoms with van der Waals surface area (Å²) < 4.78 is 0. The Hall–Kier alpha value is -2.46. The van der Waals surface area contributed by atoms with Crippen molar-refractivity contribution in [2.75, 3.05) is 39.1 Å². The molecule has 4 heteroatoms. The van der Waals surface area contributed by atoms with Gasteiger partial charge in [-0.2, -0.15) is 0 Å². The first-order chi connectivity index (χ1) is 11.1. The summed E-state index contributed by atoms with van der Waals surface area (Å²) in [4.78, 5) is 13.5. The summed E-state index contributed by atoms with van der Waals surface area (Å²) in [5, 5.41) is 2.43. The van der Waals surface area contributed by atoms with Crippen molar-refractivity contribution < 1.29 is 0 Å². The number of anilines is 1. The van der Waals surface area contributed by atoms with E-state index in [1.807, 2.05) is 12.4 Å². The van der Waals surface area contributed by atoms with Crippen LogP contribution in [0.1, 0.15) is 0 Å². The van der Waals surface area contributed by atoms with E-state index in [4.69, 9.17) is 4.98 Å². The largest absolute Gasteiger partial charge is 0.357 e. The number of aromatic nitrogens is 2. The van der Waals surface area contributed by atoms with Crippen molar-refractivity contribution in [3.63, 3.8) is 0 Å². The quantitative estimate of drug-likeness (QED) is 0.724. The van der Waals surface area contributed by atoms with Gasteiger partial charge in [0.05, 0.1) is 18.1 Å². The highest BCUT2D eigenvalue weighted by molar-refractivity contribution is 5.95. The van der Waals surface area contributed by atoms with Crippen LogP contribution in [0.4, 0.5) is 5.82 Å². The van der Waals surface area contributed by atoms with E-state index in [0.717, 1.165) is 30.2 Å². The van der Waals surface area contributed by atoms with E-state index in [2.05, 4.69) is 78.4 Å². The molecule has 0 saturated carbocycles. The third kappa shape index (κ3) is 3.48. The van der Waals surface area contributed by atoms with Gasteiger partial charge in [0.2, 0.25) is 0 Å². The van der Waals surface area contributed by atoms with Crippen molar-refractivity contribution >= 4 is 16.6 Å². The Morgan fingerprint density at radius 3 is 2.48 bits per heavy atom. The molecule has 0 aliphatic rings. The van der Waals surface area contributed by atoms with Gasteiger partial charge in [0, 0.05) is 25.7 Å². The number of hydrogen-bond acceptors (Lipinski definition) is 4. The molecule has 1 heterocycles. The summed E-state index contributed by atoms with van der Waals surface area (Å²) in [5.74, 6) is 0.900. The molecule has 3 aromatic rings. The lowest BCUT2D eigenvalue weighted by atomic mass is 10.0. The lowest BCUT2D eigenvalue weighted by Gasteiger charge is -2.20. The van der Waals surface area contributed by atoms with Crippen molar-refractivity contribution in [3.8, 4) is 11.3 Å². The molecule has 0 N–H and O–H groups in total. The van der Waals surface area contributed by atoms with Gasteiger partial charge >= 0.3 is 0 Å². The average Bonchev–Trinajstić information content (AvgIpc) is 2.59. The van der Waals surface area contributed by atoms with E-state index in [1.165, 1.54) is 10.8 Å². The molecule has 0 bridgehead atoms. The molecule has 118 valence electrons. The SMILES string of the molecule is CN(C)CCN(C)c1cncc(-c2cccc3ccccc23)n1. The lowest BCUT2D eigenvalue weighted by molar-refractivity contribution is 0.416. The van der Waals surface area contributed by atoms with Gasteiger partial charge in [-0.1, -0.05) is 42.5 Å². The summed E-state index contributed by atoms with van der Waals surface area (Å²) in [5.41, 5.74) is 2.04. The maximum Gasteiger partial charge on any atom is 0.147 e. The zero-order chi connectivity index (χ0) is 16.2. The fourth-order valence-electron chi connectivity index (χ4n) is 2.58. The number of hydrogen-bond donors (Lipinski definition) is 0. The van der Waals surface area contributed by atoms with Gasteiger partial charge < -0.3 is 9.80 Å². The Morgan fingerprint density at radius 2 is 1.65 bits per heavy atom. The topological polar surface area (TPSA) is 32.3 Å². The molecule has 0 aliphatic heterocycles. The Kier molecular flexibility index (Phi) is 4.53. The van der Waals surface area contributed by atoms with Gasteiger partial charge in [0.1, 0.15) is 5.82 Å². The number of nitrogens with zero attached hydrogens (tertiary/aromatic N) is 4. The Morgan fingerprint density at radius 1 is 0.870 bits per heavy atom. The second-order valence-corrected chi connectivity index (χ2v) is 6.01. The van der Waals surface area contributed by atoms with Crippen molar-refractivity contribution in [1.29, 1.82) is 0 Å². The predicted molar refractivity (Wildman–Crippen MR) is 96.8 cm³/mol. The van der Waals surface area contributed by atoms with Gasteiger partial charge in [-0.3, -0.25) is 4.98 Å². The van der Waals surface area contributed by atoms with Crippen LogP contribution in [0.25, 0.3) is 22.0 Å². The normalized spacial score (nSPS) is 11.1. The smallest absolute Gasteiger partial charge is 0.147 e. The van der Waals surface area contributed by atoms with Crippen LogP contribution in [0.2, 0.25) is 0 Å². The number of benzene rings is 2. The first kappa shape index (κ1) is 15.4. The summed E-state index contributed by atoms with van der Waals surface area (Å²) in [7, 11) is 6.21. The molecule has 0 unspecified atom stereocenters. The lowest BCUT2D eigenvalue weighted by Crippen LogP contribution is -2.29. The fraction of sp³-hybridized carbons (Fsp3) is 0.263. The summed E-state index contributed by atoms with van der Waals surface area (Å²) in [6.07, 6.45) is 3.66. The molecule has 2 aromatic carbocycles. The maximum atomic E-state index is 4.82. The average molecular weight is 306 g/mol. The molecular weight excluding hydrogens is 284 g/mol. The first-order valence-electron chi connectivity index (χ1n) is 7.81. The van der Waals surface area contributed by atoms with Gasteiger partial charge in [0.15, 0.2) is 0 Å². The van der Waals surface area contributed by atoms with Crippen molar-refractivity contribution in [3.05, 3.63) is 54.9 Å². The molecule has 0 atom stereocenters. The maximum absolute atomic E-state index is 4.82. The van der Waals surface area contributed by atoms with Gasteiger partial charge in [-0.15, -0.1) is 0 Å². The van der Waals surface area contributed by atoms with Crippen LogP contribution < -0.4 is 4.90 Å². The van der Waals surface area contributed by atoms with Crippen LogP contribution in [0.3, 0.4) is 0 Å². The van der Waals surface area contributed by atoms with E-state index in [9.17, 15) is 0 Å². The molecule has 1 aromatic heterocycles. The molecule has 0 aliphatic carbocycles. The van der Waals surface area contributed by atoms with Gasteiger partial charge in [-0.25, -0.2) is 4.98 Å². The van der Waals surface area contributed by atoms with Gasteiger partial charge in [-0.05, 0) is 24.9 Å². The van der Waals surface area contributed by atoms with E-state index < -0.39 is 0 Å². The van der Waals surface area contributed by atoms with Crippen LogP contribution in [-0.4, -0.2) is 49.1 Å². The summed E-state index contributed by atoms with van der Waals surface area (Å²) in [6.45, 7) is 1.90. The predicted octanol–water partition coefficient (Wildman–Crippen LogP) is 3.29. The minimum Gasteiger partial charge on any atom is -0.357 e. The Balaban J connectivity index is 1.95. The molecule has 0 saturated heterocycles. The Labute approximate surface area is 137 Å². The zero-order valence-corrected chi connectivity index (χ0v) is 13.9. The van der Waals surface area contributed by atoms with E-state index >= 15 is 0 Å². The molecular formula is C19H22N4. The van der Waals surface area contributed by atoms with Crippen molar-refractivity contribution in [2.24, 2.45) is 0 Å². The highest BCUT2D eigenvalue weighted by atomic mass is 15.2. The van der Waals surface area contributed by atoms with Gasteiger partial charge in [0.25, 0.3) is 0 Å². The Bertz CT molecular complexity index is 793. The van der Waals surface area contributed by atoms with Crippen molar-refractivity contribution in [2.45, 2.75) is 0 Å². The van der Waals surface area contributed by atoms with Crippen LogP contribution in [0.5, 0.6) is 0 Å². The molecule has 4 nitrogen and oxygen atoms in total. The first-order valence-corrected chi connectivity index (χ1v) is 7.81. The van der Waals surface area contributed by atoms with Crippen LogP contribution in [0.15, 0.2) is 54.9 Å². The molecule has 0 spiro atoms. The van der Waals surface area contributed by atoms with Crippen LogP contribution in [0, 0.1) is 0 Å². The molecule has 0 radical (unpaired) electrons. The second kappa shape index (κ2) is 6.75. The van der Waals surface area contributed by atoms with E-state index in [-0.39, 0.29) is 0 Å². The van der Waals surface area contributed by atoms with E-state index in [1.54, 1.807) is 0 Å². The number of fused-ring (bicyclic) bond motifs is 1. The monoisotopic (exact) mass is 306 g/mol. The summed E-state index contributed by atoms with van der Waals surface area (Å²) >= 11 is 0. The van der Waals surface area contributed by atoms with Crippen LogP contribution in [-0.2, 0) is 0 Å². The highest BCUT2D eigenvalue weighted by Crippen LogP contribution is 2.27. The van der Waals surface area contributed by atoms with Crippen molar-refractivity contribution in [1.82, 2.24) is 14.9 Å². The molecule has 23 heavy (non-hydrogen) atoms. The zero-order valence-electron chi connectivity index (χ0n) is 13.9. The third-order valence-corrected chi connectivity index (χ3v) is 3.96. The third-order valence-electron chi connectivity index (χ3n) is 3.96.